The summed E-state index contributed by atoms with van der Waals surface area (Å²) in [6.07, 6.45) is 6.65. The van der Waals surface area contributed by atoms with Crippen LogP contribution in [0.1, 0.15) is 48.0 Å². The van der Waals surface area contributed by atoms with Crippen LogP contribution < -0.4 is 5.32 Å². The monoisotopic (exact) mass is 411 g/mol. The molecule has 1 saturated heterocycles. The Balaban J connectivity index is 1.17. The van der Waals surface area contributed by atoms with E-state index >= 15 is 0 Å². The lowest BCUT2D eigenvalue weighted by Gasteiger charge is -2.54. The van der Waals surface area contributed by atoms with Crippen molar-refractivity contribution in [3.63, 3.8) is 0 Å². The number of ether oxygens (including phenoxy) is 1. The summed E-state index contributed by atoms with van der Waals surface area (Å²) in [5, 5.41) is 3.38. The van der Waals surface area contributed by atoms with Crippen molar-refractivity contribution < 1.29 is 14.3 Å². The van der Waals surface area contributed by atoms with E-state index in [1.165, 1.54) is 32.1 Å². The summed E-state index contributed by atoms with van der Waals surface area (Å²) in [4.78, 5) is 29.0. The van der Waals surface area contributed by atoms with Gasteiger partial charge in [0.15, 0.2) is 0 Å². The molecular weight excluding hydrogens is 378 g/mol. The molecule has 3 amide bonds. The summed E-state index contributed by atoms with van der Waals surface area (Å²) in [5.41, 5.74) is 1.75. The molecule has 6 heteroatoms. The highest BCUT2D eigenvalue weighted by Crippen LogP contribution is 2.53. The van der Waals surface area contributed by atoms with Crippen LogP contribution in [-0.4, -0.2) is 61.1 Å². The van der Waals surface area contributed by atoms with Gasteiger partial charge in [-0.05, 0) is 73.5 Å². The highest BCUT2D eigenvalue weighted by atomic mass is 16.5. The fraction of sp³-hybridized carbons (Fsp3) is 0.667. The Labute approximate surface area is 178 Å². The first kappa shape index (κ1) is 19.9. The molecule has 0 aromatic heterocycles. The Hall–Kier alpha value is -2.08. The van der Waals surface area contributed by atoms with E-state index in [1.807, 2.05) is 36.2 Å². The maximum Gasteiger partial charge on any atom is 0.320 e. The number of amides is 3. The standard InChI is InChI=1S/C24H33N3O3/c1-26(24(29)27-6-8-30-9-7-27)15-16-2-4-19(5-3-16)23(28)25-22-20-11-17-10-18(13-20)14-21(22)12-17/h2-5,17-18,20-22H,6-15H2,1H3,(H,25,28). The second-order valence-corrected chi connectivity index (χ2v) is 9.86. The van der Waals surface area contributed by atoms with Gasteiger partial charge in [-0.3, -0.25) is 4.79 Å². The van der Waals surface area contributed by atoms with E-state index in [0.29, 0.717) is 50.7 Å². The summed E-state index contributed by atoms with van der Waals surface area (Å²) in [6, 6.07) is 8.12. The number of hydrogen-bond donors (Lipinski definition) is 1. The predicted molar refractivity (Wildman–Crippen MR) is 114 cm³/mol. The van der Waals surface area contributed by atoms with Crippen molar-refractivity contribution in [2.45, 2.75) is 44.7 Å². The SMILES string of the molecule is CN(Cc1ccc(C(=O)NC2C3CC4CC(C3)CC2C4)cc1)C(=O)N1CCOCC1. The van der Waals surface area contributed by atoms with Gasteiger partial charge in [-0.1, -0.05) is 12.1 Å². The van der Waals surface area contributed by atoms with Crippen LogP contribution in [0, 0.1) is 23.7 Å². The van der Waals surface area contributed by atoms with E-state index in [4.69, 9.17) is 4.74 Å². The molecular formula is C24H33N3O3. The van der Waals surface area contributed by atoms with Crippen LogP contribution in [0.4, 0.5) is 4.79 Å². The van der Waals surface area contributed by atoms with Gasteiger partial charge in [0.05, 0.1) is 13.2 Å². The number of urea groups is 1. The van der Waals surface area contributed by atoms with Crippen molar-refractivity contribution in [2.75, 3.05) is 33.4 Å². The van der Waals surface area contributed by atoms with Gasteiger partial charge in [0.1, 0.15) is 0 Å². The van der Waals surface area contributed by atoms with Crippen LogP contribution in [0.5, 0.6) is 0 Å². The van der Waals surface area contributed by atoms with Gasteiger partial charge in [-0.2, -0.15) is 0 Å². The van der Waals surface area contributed by atoms with Crippen molar-refractivity contribution >= 4 is 11.9 Å². The van der Waals surface area contributed by atoms with Gasteiger partial charge >= 0.3 is 6.03 Å². The minimum absolute atomic E-state index is 0.0296. The first-order valence-electron chi connectivity index (χ1n) is 11.5. The van der Waals surface area contributed by atoms with Gasteiger partial charge in [0.25, 0.3) is 5.91 Å². The van der Waals surface area contributed by atoms with E-state index in [1.54, 1.807) is 4.90 Å². The van der Waals surface area contributed by atoms with Crippen LogP contribution in [0.15, 0.2) is 24.3 Å². The van der Waals surface area contributed by atoms with Gasteiger partial charge in [0.2, 0.25) is 0 Å². The summed E-state index contributed by atoms with van der Waals surface area (Å²) < 4.78 is 5.32. The Morgan fingerprint density at radius 2 is 1.60 bits per heavy atom. The maximum absolute atomic E-state index is 12.9. The van der Waals surface area contributed by atoms with E-state index in [0.717, 1.165) is 23.0 Å². The molecule has 0 radical (unpaired) electrons. The molecule has 1 heterocycles. The Morgan fingerprint density at radius 3 is 2.20 bits per heavy atom. The molecule has 4 bridgehead atoms. The molecule has 5 fully saturated rings. The van der Waals surface area contributed by atoms with E-state index in [2.05, 4.69) is 5.32 Å². The second kappa shape index (κ2) is 8.22. The third kappa shape index (κ3) is 3.94. The Morgan fingerprint density at radius 1 is 1.00 bits per heavy atom. The van der Waals surface area contributed by atoms with Crippen LogP contribution in [-0.2, 0) is 11.3 Å². The van der Waals surface area contributed by atoms with Gasteiger partial charge < -0.3 is 19.9 Å². The van der Waals surface area contributed by atoms with Crippen LogP contribution in [0.3, 0.4) is 0 Å². The van der Waals surface area contributed by atoms with Gasteiger partial charge in [-0.25, -0.2) is 4.79 Å². The normalized spacial score (nSPS) is 32.2. The van der Waals surface area contributed by atoms with Crippen LogP contribution >= 0.6 is 0 Å². The van der Waals surface area contributed by atoms with E-state index in [-0.39, 0.29) is 11.9 Å². The molecule has 5 aliphatic rings. The lowest BCUT2D eigenvalue weighted by molar-refractivity contribution is -0.0119. The number of morpholine rings is 1. The summed E-state index contributed by atoms with van der Waals surface area (Å²) in [5.74, 6) is 3.25. The smallest absolute Gasteiger partial charge is 0.320 e. The van der Waals surface area contributed by atoms with Crippen molar-refractivity contribution in [2.24, 2.45) is 23.7 Å². The molecule has 6 nitrogen and oxygen atoms in total. The topological polar surface area (TPSA) is 61.9 Å². The molecule has 0 unspecified atom stereocenters. The first-order chi connectivity index (χ1) is 14.6. The molecule has 1 aromatic rings. The maximum atomic E-state index is 12.9. The minimum Gasteiger partial charge on any atom is -0.378 e. The summed E-state index contributed by atoms with van der Waals surface area (Å²) >= 11 is 0. The molecule has 1 N–H and O–H groups in total. The number of nitrogens with one attached hydrogen (secondary N) is 1. The third-order valence-electron chi connectivity index (χ3n) is 7.77. The quantitative estimate of drug-likeness (QED) is 0.828. The first-order valence-corrected chi connectivity index (χ1v) is 11.5. The average Bonchev–Trinajstić information content (AvgIpc) is 2.76. The van der Waals surface area contributed by atoms with E-state index in [9.17, 15) is 9.59 Å². The molecule has 0 atom stereocenters. The van der Waals surface area contributed by atoms with Crippen molar-refractivity contribution in [1.82, 2.24) is 15.1 Å². The number of benzene rings is 1. The molecule has 1 aliphatic heterocycles. The highest BCUT2D eigenvalue weighted by Gasteiger charge is 2.48. The largest absolute Gasteiger partial charge is 0.378 e. The van der Waals surface area contributed by atoms with Crippen molar-refractivity contribution in [3.8, 4) is 0 Å². The fourth-order valence-corrected chi connectivity index (χ4v) is 6.49. The molecule has 1 aromatic carbocycles. The molecule has 6 rings (SSSR count). The predicted octanol–water partition coefficient (Wildman–Crippen LogP) is 3.13. The zero-order valence-electron chi connectivity index (χ0n) is 17.9. The third-order valence-corrected chi connectivity index (χ3v) is 7.77. The lowest BCUT2D eigenvalue weighted by atomic mass is 9.54. The molecule has 162 valence electrons. The van der Waals surface area contributed by atoms with Gasteiger partial charge in [-0.15, -0.1) is 0 Å². The fourth-order valence-electron chi connectivity index (χ4n) is 6.49. The number of nitrogens with zero attached hydrogens (tertiary/aromatic N) is 2. The minimum atomic E-state index is 0.0296. The van der Waals surface area contributed by atoms with Crippen LogP contribution in [0.25, 0.3) is 0 Å². The van der Waals surface area contributed by atoms with Crippen molar-refractivity contribution in [3.05, 3.63) is 35.4 Å². The molecule has 0 spiro atoms. The van der Waals surface area contributed by atoms with Gasteiger partial charge in [0, 0.05) is 38.3 Å². The molecule has 4 saturated carbocycles. The van der Waals surface area contributed by atoms with E-state index < -0.39 is 0 Å². The molecule has 30 heavy (non-hydrogen) atoms. The lowest BCUT2D eigenvalue weighted by Crippen LogP contribution is -2.55. The van der Waals surface area contributed by atoms with Crippen molar-refractivity contribution in [1.29, 1.82) is 0 Å². The summed E-state index contributed by atoms with van der Waals surface area (Å²) in [7, 11) is 1.82. The molecule has 4 aliphatic carbocycles. The second-order valence-electron chi connectivity index (χ2n) is 9.86. The van der Waals surface area contributed by atoms with Crippen LogP contribution in [0.2, 0.25) is 0 Å². The zero-order chi connectivity index (χ0) is 20.7. The Bertz CT molecular complexity index is 759. The zero-order valence-corrected chi connectivity index (χ0v) is 17.9. The number of rotatable bonds is 4. The summed E-state index contributed by atoms with van der Waals surface area (Å²) in [6.45, 7) is 3.04. The number of carbonyl (C=O) groups excluding carboxylic acids is 2. The Kier molecular flexibility index (Phi) is 5.44. The number of carbonyl (C=O) groups is 2. The highest BCUT2D eigenvalue weighted by molar-refractivity contribution is 5.94. The average molecular weight is 412 g/mol. The number of hydrogen-bond acceptors (Lipinski definition) is 3.